The van der Waals surface area contributed by atoms with Crippen LogP contribution in [0.5, 0.6) is 0 Å². The Morgan fingerprint density at radius 1 is 1.35 bits per heavy atom. The van der Waals surface area contributed by atoms with Gasteiger partial charge in [-0.05, 0) is 18.6 Å². The molecule has 0 saturated heterocycles. The van der Waals surface area contributed by atoms with E-state index in [2.05, 4.69) is 0 Å². The van der Waals surface area contributed by atoms with Crippen LogP contribution in [0.3, 0.4) is 0 Å². The van der Waals surface area contributed by atoms with E-state index in [1.165, 1.54) is 7.11 Å². The van der Waals surface area contributed by atoms with Crippen molar-refractivity contribution in [1.82, 2.24) is 0 Å². The maximum absolute atomic E-state index is 11.2. The quantitative estimate of drug-likeness (QED) is 0.778. The van der Waals surface area contributed by atoms with Gasteiger partial charge in [-0.25, -0.2) is 4.79 Å². The second kappa shape index (κ2) is 7.69. The summed E-state index contributed by atoms with van der Waals surface area (Å²) in [5, 5.41) is 0.645. The Hall–Kier alpha value is -1.01. The van der Waals surface area contributed by atoms with Crippen molar-refractivity contribution in [1.29, 1.82) is 0 Å². The number of carbonyl (C=O) groups excluding carboxylic acids is 1. The highest BCUT2D eigenvalue weighted by atomic mass is 35.5. The van der Waals surface area contributed by atoms with Crippen molar-refractivity contribution in [3.05, 3.63) is 33.8 Å². The van der Waals surface area contributed by atoms with E-state index in [4.69, 9.17) is 43.1 Å². The highest BCUT2D eigenvalue weighted by Crippen LogP contribution is 2.41. The Morgan fingerprint density at radius 3 is 2.40 bits per heavy atom. The molecule has 112 valence electrons. The van der Waals surface area contributed by atoms with Crippen LogP contribution >= 0.6 is 23.2 Å². The Balaban J connectivity index is 3.35. The standard InChI is InChI=1S/C13H17Cl2NO4/c1-3-7-13(19-8-18-2,20-12(16)17)11-9(14)5-4-6-10(11)15/h4-6H,3,7-8H2,1-2H3,(H2,16,17)/t13-/m0/s1. The van der Waals surface area contributed by atoms with Crippen molar-refractivity contribution < 1.29 is 19.0 Å². The van der Waals surface area contributed by atoms with Crippen molar-refractivity contribution in [3.63, 3.8) is 0 Å². The van der Waals surface area contributed by atoms with E-state index in [9.17, 15) is 4.79 Å². The average Bonchev–Trinajstić information content (AvgIpc) is 2.35. The predicted octanol–water partition coefficient (Wildman–Crippen LogP) is 3.66. The Morgan fingerprint density at radius 2 is 1.95 bits per heavy atom. The molecule has 0 radical (unpaired) electrons. The van der Waals surface area contributed by atoms with Crippen LogP contribution in [0.2, 0.25) is 10.0 Å². The average molecular weight is 322 g/mol. The van der Waals surface area contributed by atoms with Crippen LogP contribution in [0.4, 0.5) is 4.79 Å². The first-order chi connectivity index (χ1) is 9.46. The zero-order chi connectivity index (χ0) is 15.2. The monoisotopic (exact) mass is 321 g/mol. The molecule has 2 N–H and O–H groups in total. The highest BCUT2D eigenvalue weighted by Gasteiger charge is 2.40. The number of methoxy groups -OCH3 is 1. The number of carbonyl (C=O) groups is 1. The lowest BCUT2D eigenvalue weighted by Gasteiger charge is -2.33. The summed E-state index contributed by atoms with van der Waals surface area (Å²) in [6.45, 7) is 1.80. The number of rotatable bonds is 7. The molecule has 0 heterocycles. The second-order valence-electron chi connectivity index (χ2n) is 4.07. The molecule has 1 rings (SSSR count). The largest absolute Gasteiger partial charge is 0.412 e. The summed E-state index contributed by atoms with van der Waals surface area (Å²) in [5.74, 6) is -1.47. The van der Waals surface area contributed by atoms with E-state index >= 15 is 0 Å². The molecule has 0 unspecified atom stereocenters. The fourth-order valence-corrected chi connectivity index (χ4v) is 2.59. The first-order valence-corrected chi connectivity index (χ1v) is 6.78. The van der Waals surface area contributed by atoms with E-state index in [0.717, 1.165) is 0 Å². The molecule has 1 aromatic rings. The summed E-state index contributed by atoms with van der Waals surface area (Å²) in [6, 6.07) is 4.95. The van der Waals surface area contributed by atoms with Crippen LogP contribution in [0.25, 0.3) is 0 Å². The van der Waals surface area contributed by atoms with Crippen LogP contribution in [-0.4, -0.2) is 20.0 Å². The lowest BCUT2D eigenvalue weighted by molar-refractivity contribution is -0.251. The van der Waals surface area contributed by atoms with Gasteiger partial charge in [0.1, 0.15) is 0 Å². The molecule has 7 heteroatoms. The van der Waals surface area contributed by atoms with Crippen molar-refractivity contribution in [2.45, 2.75) is 25.6 Å². The molecule has 0 bridgehead atoms. The topological polar surface area (TPSA) is 70.8 Å². The summed E-state index contributed by atoms with van der Waals surface area (Å²) in [4.78, 5) is 11.2. The number of nitrogens with two attached hydrogens (primary N) is 1. The van der Waals surface area contributed by atoms with E-state index < -0.39 is 11.9 Å². The van der Waals surface area contributed by atoms with Gasteiger partial charge in [-0.1, -0.05) is 36.2 Å². The van der Waals surface area contributed by atoms with Gasteiger partial charge in [0.2, 0.25) is 5.79 Å². The van der Waals surface area contributed by atoms with Gasteiger partial charge in [0.15, 0.2) is 6.79 Å². The fraction of sp³-hybridized carbons (Fsp3) is 0.462. The van der Waals surface area contributed by atoms with Crippen molar-refractivity contribution in [2.24, 2.45) is 5.73 Å². The minimum absolute atomic E-state index is 0.102. The Bertz CT molecular complexity index is 449. The van der Waals surface area contributed by atoms with Gasteiger partial charge >= 0.3 is 6.09 Å². The molecular formula is C13H17Cl2NO4. The van der Waals surface area contributed by atoms with Crippen LogP contribution < -0.4 is 5.73 Å². The molecular weight excluding hydrogens is 305 g/mol. The van der Waals surface area contributed by atoms with E-state index in [1.807, 2.05) is 6.92 Å². The summed E-state index contributed by atoms with van der Waals surface area (Å²) in [7, 11) is 1.45. The number of ether oxygens (including phenoxy) is 3. The summed E-state index contributed by atoms with van der Waals surface area (Å²) < 4.78 is 15.6. The van der Waals surface area contributed by atoms with Crippen LogP contribution in [-0.2, 0) is 20.0 Å². The number of hydrogen-bond acceptors (Lipinski definition) is 4. The third-order valence-electron chi connectivity index (χ3n) is 2.60. The molecule has 0 aromatic heterocycles. The van der Waals surface area contributed by atoms with Gasteiger partial charge in [0.05, 0.1) is 15.6 Å². The molecule has 0 saturated carbocycles. The third kappa shape index (κ3) is 3.99. The van der Waals surface area contributed by atoms with Crippen LogP contribution in [0, 0.1) is 0 Å². The summed E-state index contributed by atoms with van der Waals surface area (Å²) >= 11 is 12.3. The molecule has 1 amide bonds. The van der Waals surface area contributed by atoms with E-state index in [0.29, 0.717) is 28.5 Å². The molecule has 0 aliphatic carbocycles. The van der Waals surface area contributed by atoms with Crippen molar-refractivity contribution in [2.75, 3.05) is 13.9 Å². The van der Waals surface area contributed by atoms with Gasteiger partial charge in [0.25, 0.3) is 0 Å². The minimum Gasteiger partial charge on any atom is -0.412 e. The molecule has 0 aliphatic rings. The summed E-state index contributed by atoms with van der Waals surface area (Å²) in [6.07, 6.45) is 0.00642. The lowest BCUT2D eigenvalue weighted by atomic mass is 10.0. The third-order valence-corrected chi connectivity index (χ3v) is 3.23. The van der Waals surface area contributed by atoms with E-state index in [-0.39, 0.29) is 6.79 Å². The molecule has 20 heavy (non-hydrogen) atoms. The van der Waals surface area contributed by atoms with Gasteiger partial charge in [-0.15, -0.1) is 0 Å². The van der Waals surface area contributed by atoms with E-state index in [1.54, 1.807) is 18.2 Å². The number of primary amides is 1. The first kappa shape index (κ1) is 17.0. The lowest BCUT2D eigenvalue weighted by Crippen LogP contribution is -2.38. The Kier molecular flexibility index (Phi) is 6.55. The van der Waals surface area contributed by atoms with Crippen LogP contribution in [0.15, 0.2) is 18.2 Å². The van der Waals surface area contributed by atoms with Crippen LogP contribution in [0.1, 0.15) is 25.3 Å². The maximum atomic E-state index is 11.2. The normalized spacial score (nSPS) is 13.8. The van der Waals surface area contributed by atoms with Gasteiger partial charge in [-0.2, -0.15) is 0 Å². The zero-order valence-corrected chi connectivity index (χ0v) is 12.8. The molecule has 0 fully saturated rings. The minimum atomic E-state index is -1.47. The van der Waals surface area contributed by atoms with Gasteiger partial charge in [-0.3, -0.25) is 0 Å². The van der Waals surface area contributed by atoms with Gasteiger partial charge < -0.3 is 19.9 Å². The zero-order valence-electron chi connectivity index (χ0n) is 11.3. The fourth-order valence-electron chi connectivity index (χ4n) is 1.91. The molecule has 0 aliphatic heterocycles. The molecule has 5 nitrogen and oxygen atoms in total. The first-order valence-electron chi connectivity index (χ1n) is 6.02. The highest BCUT2D eigenvalue weighted by molar-refractivity contribution is 6.36. The number of amides is 1. The molecule has 1 atom stereocenters. The van der Waals surface area contributed by atoms with Crippen molar-refractivity contribution in [3.8, 4) is 0 Å². The van der Waals surface area contributed by atoms with Crippen molar-refractivity contribution >= 4 is 29.3 Å². The predicted molar refractivity (Wildman–Crippen MR) is 76.7 cm³/mol. The second-order valence-corrected chi connectivity index (χ2v) is 4.89. The summed E-state index contributed by atoms with van der Waals surface area (Å²) in [5.41, 5.74) is 5.51. The molecule has 1 aromatic carbocycles. The smallest absolute Gasteiger partial charge is 0.407 e. The SMILES string of the molecule is CCC[C@](OCOC)(OC(N)=O)c1c(Cl)cccc1Cl. The maximum Gasteiger partial charge on any atom is 0.407 e. The number of benzene rings is 1. The number of hydrogen-bond donors (Lipinski definition) is 1. The number of halogens is 2. The Labute approximate surface area is 127 Å². The molecule has 0 spiro atoms. The van der Waals surface area contributed by atoms with Gasteiger partial charge in [0, 0.05) is 13.5 Å².